The third-order valence-corrected chi connectivity index (χ3v) is 5.69. The lowest BCUT2D eigenvalue weighted by Crippen LogP contribution is -2.49. The molecule has 25 heavy (non-hydrogen) atoms. The summed E-state index contributed by atoms with van der Waals surface area (Å²) in [6.45, 7) is 6.56. The van der Waals surface area contributed by atoms with Crippen molar-refractivity contribution in [3.05, 3.63) is 0 Å². The fraction of sp³-hybridized carbons (Fsp3) is 0.833. The van der Waals surface area contributed by atoms with Gasteiger partial charge in [-0.05, 0) is 32.7 Å². The molecule has 3 amide bonds. The SMILES string of the molecule is CCOC(=O)N1CCN(CCCN2C(=O)C3CCCCC3C2=O)CC1. The van der Waals surface area contributed by atoms with Crippen molar-refractivity contribution in [2.75, 3.05) is 45.9 Å². The summed E-state index contributed by atoms with van der Waals surface area (Å²) in [4.78, 5) is 42.1. The number of carbonyl (C=O) groups excluding carboxylic acids is 3. The first kappa shape index (κ1) is 18.2. The molecule has 2 unspecified atom stereocenters. The first-order valence-corrected chi connectivity index (χ1v) is 9.61. The predicted molar refractivity (Wildman–Crippen MR) is 91.8 cm³/mol. The molecule has 3 rings (SSSR count). The molecule has 7 nitrogen and oxygen atoms in total. The number of ether oxygens (including phenoxy) is 1. The van der Waals surface area contributed by atoms with Crippen molar-refractivity contribution in [1.82, 2.24) is 14.7 Å². The molecular formula is C18H29N3O4. The summed E-state index contributed by atoms with van der Waals surface area (Å²) in [5.41, 5.74) is 0. The van der Waals surface area contributed by atoms with Crippen molar-refractivity contribution in [1.29, 1.82) is 0 Å². The van der Waals surface area contributed by atoms with Gasteiger partial charge in [-0.1, -0.05) is 12.8 Å². The number of carbonyl (C=O) groups is 3. The molecule has 2 saturated heterocycles. The minimum Gasteiger partial charge on any atom is -0.450 e. The van der Waals surface area contributed by atoms with Gasteiger partial charge in [0.1, 0.15) is 0 Å². The molecule has 0 aromatic rings. The van der Waals surface area contributed by atoms with E-state index in [0.29, 0.717) is 26.2 Å². The maximum absolute atomic E-state index is 12.4. The van der Waals surface area contributed by atoms with E-state index in [4.69, 9.17) is 4.74 Å². The Morgan fingerprint density at radius 2 is 1.60 bits per heavy atom. The molecule has 2 aliphatic heterocycles. The lowest BCUT2D eigenvalue weighted by molar-refractivity contribution is -0.140. The van der Waals surface area contributed by atoms with Crippen LogP contribution in [0, 0.1) is 11.8 Å². The first-order valence-electron chi connectivity index (χ1n) is 9.61. The number of rotatable bonds is 5. The zero-order valence-electron chi connectivity index (χ0n) is 15.1. The van der Waals surface area contributed by atoms with Crippen LogP contribution in [0.1, 0.15) is 39.0 Å². The predicted octanol–water partition coefficient (Wildman–Crippen LogP) is 1.33. The van der Waals surface area contributed by atoms with Gasteiger partial charge < -0.3 is 9.64 Å². The first-order chi connectivity index (χ1) is 12.1. The van der Waals surface area contributed by atoms with Crippen LogP contribution in [0.3, 0.4) is 0 Å². The monoisotopic (exact) mass is 351 g/mol. The van der Waals surface area contributed by atoms with Crippen LogP contribution in [0.25, 0.3) is 0 Å². The summed E-state index contributed by atoms with van der Waals surface area (Å²) in [6, 6.07) is 0. The van der Waals surface area contributed by atoms with Crippen molar-refractivity contribution >= 4 is 17.9 Å². The molecule has 2 atom stereocenters. The quantitative estimate of drug-likeness (QED) is 0.699. The summed E-state index contributed by atoms with van der Waals surface area (Å²) in [7, 11) is 0. The van der Waals surface area contributed by atoms with Crippen LogP contribution in [0.15, 0.2) is 0 Å². The summed E-state index contributed by atoms with van der Waals surface area (Å²) < 4.78 is 5.02. The van der Waals surface area contributed by atoms with Gasteiger partial charge >= 0.3 is 6.09 Å². The van der Waals surface area contributed by atoms with Gasteiger partial charge in [0.25, 0.3) is 0 Å². The number of imide groups is 1. The molecule has 0 spiro atoms. The van der Waals surface area contributed by atoms with E-state index < -0.39 is 0 Å². The van der Waals surface area contributed by atoms with Crippen LogP contribution in [-0.2, 0) is 14.3 Å². The average Bonchev–Trinajstić information content (AvgIpc) is 2.88. The number of hydrogen-bond donors (Lipinski definition) is 0. The molecule has 7 heteroatoms. The molecule has 2 heterocycles. The molecule has 1 aliphatic carbocycles. The number of amides is 3. The molecule has 1 saturated carbocycles. The largest absolute Gasteiger partial charge is 0.450 e. The highest BCUT2D eigenvalue weighted by Gasteiger charge is 2.47. The van der Waals surface area contributed by atoms with E-state index >= 15 is 0 Å². The fourth-order valence-corrected chi connectivity index (χ4v) is 4.27. The Labute approximate surface area is 149 Å². The molecule has 3 fully saturated rings. The van der Waals surface area contributed by atoms with Crippen LogP contribution >= 0.6 is 0 Å². The van der Waals surface area contributed by atoms with Crippen molar-refractivity contribution < 1.29 is 19.1 Å². The van der Waals surface area contributed by atoms with E-state index in [-0.39, 0.29) is 29.7 Å². The van der Waals surface area contributed by atoms with Crippen molar-refractivity contribution in [3.63, 3.8) is 0 Å². The zero-order chi connectivity index (χ0) is 17.8. The Bertz CT molecular complexity index is 492. The van der Waals surface area contributed by atoms with Gasteiger partial charge in [-0.2, -0.15) is 0 Å². The van der Waals surface area contributed by atoms with Gasteiger partial charge in [0.05, 0.1) is 18.4 Å². The van der Waals surface area contributed by atoms with E-state index in [1.165, 1.54) is 4.90 Å². The van der Waals surface area contributed by atoms with Crippen LogP contribution in [-0.4, -0.2) is 78.5 Å². The number of nitrogens with zero attached hydrogens (tertiary/aromatic N) is 3. The van der Waals surface area contributed by atoms with Gasteiger partial charge in [0.2, 0.25) is 11.8 Å². The zero-order valence-corrected chi connectivity index (χ0v) is 15.1. The highest BCUT2D eigenvalue weighted by molar-refractivity contribution is 6.05. The van der Waals surface area contributed by atoms with E-state index in [9.17, 15) is 14.4 Å². The molecule has 0 radical (unpaired) electrons. The highest BCUT2D eigenvalue weighted by atomic mass is 16.6. The number of likely N-dealkylation sites (tertiary alicyclic amines) is 1. The van der Waals surface area contributed by atoms with E-state index in [1.54, 1.807) is 4.90 Å². The van der Waals surface area contributed by atoms with Crippen LogP contribution < -0.4 is 0 Å². The lowest BCUT2D eigenvalue weighted by Gasteiger charge is -2.34. The normalized spacial score (nSPS) is 27.6. The van der Waals surface area contributed by atoms with Gasteiger partial charge in [-0.15, -0.1) is 0 Å². The molecule has 0 aromatic heterocycles. The standard InChI is InChI=1S/C18H29N3O4/c1-2-25-18(24)20-12-10-19(11-13-20)8-5-9-21-16(22)14-6-3-4-7-15(14)17(21)23/h14-15H,2-13H2,1H3. The number of piperazine rings is 1. The maximum Gasteiger partial charge on any atom is 0.409 e. The van der Waals surface area contributed by atoms with Crippen molar-refractivity contribution in [3.8, 4) is 0 Å². The Balaban J connectivity index is 1.40. The number of hydrogen-bond acceptors (Lipinski definition) is 5. The van der Waals surface area contributed by atoms with Crippen molar-refractivity contribution in [2.24, 2.45) is 11.8 Å². The molecule has 0 aromatic carbocycles. The van der Waals surface area contributed by atoms with Gasteiger partial charge in [-0.25, -0.2) is 4.79 Å². The third kappa shape index (κ3) is 3.97. The molecule has 0 N–H and O–H groups in total. The fourth-order valence-electron chi connectivity index (χ4n) is 4.27. The van der Waals surface area contributed by atoms with Crippen LogP contribution in [0.4, 0.5) is 4.79 Å². The third-order valence-electron chi connectivity index (χ3n) is 5.69. The summed E-state index contributed by atoms with van der Waals surface area (Å²) >= 11 is 0. The smallest absolute Gasteiger partial charge is 0.409 e. The van der Waals surface area contributed by atoms with Crippen LogP contribution in [0.5, 0.6) is 0 Å². The van der Waals surface area contributed by atoms with E-state index in [0.717, 1.165) is 51.7 Å². The summed E-state index contributed by atoms with van der Waals surface area (Å²) in [6.07, 6.45) is 4.45. The maximum atomic E-state index is 12.4. The molecule has 140 valence electrons. The van der Waals surface area contributed by atoms with Gasteiger partial charge in [0.15, 0.2) is 0 Å². The highest BCUT2D eigenvalue weighted by Crippen LogP contribution is 2.37. The second-order valence-corrected chi connectivity index (χ2v) is 7.21. The summed E-state index contributed by atoms with van der Waals surface area (Å²) in [5, 5.41) is 0. The Morgan fingerprint density at radius 3 is 2.16 bits per heavy atom. The minimum absolute atomic E-state index is 0.0469. The number of fused-ring (bicyclic) bond motifs is 1. The Morgan fingerprint density at radius 1 is 1.00 bits per heavy atom. The van der Waals surface area contributed by atoms with Crippen LogP contribution in [0.2, 0.25) is 0 Å². The Hall–Kier alpha value is -1.63. The van der Waals surface area contributed by atoms with E-state index in [2.05, 4.69) is 4.90 Å². The van der Waals surface area contributed by atoms with Crippen molar-refractivity contribution in [2.45, 2.75) is 39.0 Å². The second kappa shape index (κ2) is 8.17. The van der Waals surface area contributed by atoms with Gasteiger partial charge in [0, 0.05) is 32.7 Å². The Kier molecular flexibility index (Phi) is 5.93. The van der Waals surface area contributed by atoms with Gasteiger partial charge in [-0.3, -0.25) is 19.4 Å². The van der Waals surface area contributed by atoms with E-state index in [1.807, 2.05) is 6.92 Å². The second-order valence-electron chi connectivity index (χ2n) is 7.21. The molecular weight excluding hydrogens is 322 g/mol. The summed E-state index contributed by atoms with van der Waals surface area (Å²) in [5.74, 6) is 0.0207. The lowest BCUT2D eigenvalue weighted by atomic mass is 9.81. The minimum atomic E-state index is -0.238. The topological polar surface area (TPSA) is 70.2 Å². The average molecular weight is 351 g/mol. The molecule has 0 bridgehead atoms. The molecule has 3 aliphatic rings.